The van der Waals surface area contributed by atoms with Crippen molar-refractivity contribution in [3.05, 3.63) is 35.4 Å². The number of esters is 1. The summed E-state index contributed by atoms with van der Waals surface area (Å²) in [4.78, 5) is 52.9. The van der Waals surface area contributed by atoms with E-state index >= 15 is 0 Å². The summed E-state index contributed by atoms with van der Waals surface area (Å²) in [6, 6.07) is 3.50. The maximum absolute atomic E-state index is 13.5. The molecule has 2 amide bonds. The Morgan fingerprint density at radius 2 is 0.573 bits per heavy atom. The smallest absolute Gasteiger partial charge is 0.326 e. The molecule has 0 radical (unpaired) electrons. The number of carbonyl (C=O) groups excluding carboxylic acids is 3. The summed E-state index contributed by atoms with van der Waals surface area (Å²) in [5.74, 6) is -4.93. The minimum Gasteiger partial charge on any atom is -0.480 e. The summed E-state index contributed by atoms with van der Waals surface area (Å²) in [5.41, 5.74) is -0.219. The lowest BCUT2D eigenvalue weighted by Crippen LogP contribution is -2.68. The number of aliphatic carboxylic acids is 1. The van der Waals surface area contributed by atoms with Gasteiger partial charge in [0.15, 0.2) is 44.0 Å². The van der Waals surface area contributed by atoms with Crippen molar-refractivity contribution < 1.29 is 197 Å². The third kappa shape index (κ3) is 14.6. The van der Waals surface area contributed by atoms with Crippen LogP contribution in [0.4, 0.5) is 0 Å². The molecule has 36 atom stereocenters. The molecule has 41 heteroatoms. The average Bonchev–Trinajstić information content (AvgIpc) is 1.49. The fourth-order valence-corrected chi connectivity index (χ4v) is 12.8. The van der Waals surface area contributed by atoms with Crippen LogP contribution >= 0.6 is 0 Å². The molecule has 544 valence electrons. The van der Waals surface area contributed by atoms with E-state index in [1.54, 1.807) is 0 Å². The van der Waals surface area contributed by atoms with Crippen molar-refractivity contribution >= 4 is 23.8 Å². The van der Waals surface area contributed by atoms with Crippen LogP contribution in [0.15, 0.2) is 24.3 Å². The van der Waals surface area contributed by atoms with Crippen molar-refractivity contribution in [3.8, 4) is 0 Å². The summed E-state index contributed by atoms with van der Waals surface area (Å²) in [5, 5.41) is 234. The number of imide groups is 1. The van der Waals surface area contributed by atoms with Crippen LogP contribution in [-0.4, -0.2) is 403 Å². The standard InChI is InChI=1S/C55H79NO40/c57-7-17-39-26(65)33(72)50(84-17)92-41-19(9-59)86-52(35(74)28(41)67)94-43-21(11-61)88-54(37(76)30(43)69)96-45-23(13-82-24(63)6-5-16(48(80)81)56-46(78)14-3-1-2-4-15(14)47(56)79)89-55(38(77)31(45)70)95-44-22(12-62)87-53(36(75)29(44)68)93-42-20(10-60)85-51(34(73)27(42)66)91-40-18(8-58)83-49(90-39)32(71)25(40)64/h1-4,16-23,25-45,49-55,57-62,64-77H,5-13H2,(H,80,81)/t16-,17-,18-,19-,20-,21-,22-,23-,25-,26-,27-,28-,29-,30-,31-,32-,33-,34-,35-,36-,37-,38-,39-,40-,41-,42-,43-,44-,45-,49-,50-,51-,52-,53-,54-,55-/m1/s1. The Balaban J connectivity index is 0.930. The van der Waals surface area contributed by atoms with Crippen LogP contribution in [0.3, 0.4) is 0 Å². The quantitative estimate of drug-likeness (QED) is 0.0644. The lowest BCUT2D eigenvalue weighted by Gasteiger charge is -2.50. The highest BCUT2D eigenvalue weighted by atomic mass is 16.8. The van der Waals surface area contributed by atoms with Crippen LogP contribution in [0.5, 0.6) is 0 Å². The van der Waals surface area contributed by atoms with Gasteiger partial charge < -0.3 is 178 Å². The van der Waals surface area contributed by atoms with Crippen molar-refractivity contribution in [2.24, 2.45) is 0 Å². The molecule has 0 aliphatic carbocycles. The second-order valence-corrected chi connectivity index (χ2v) is 24.1. The summed E-state index contributed by atoms with van der Waals surface area (Å²) < 4.78 is 86.0. The minimum atomic E-state index is -2.41. The van der Waals surface area contributed by atoms with Gasteiger partial charge in [0.2, 0.25) is 0 Å². The number of carbonyl (C=O) groups is 4. The van der Waals surface area contributed by atoms with E-state index in [1.165, 1.54) is 24.3 Å². The second-order valence-electron chi connectivity index (χ2n) is 24.1. The highest BCUT2D eigenvalue weighted by Crippen LogP contribution is 2.40. The molecule has 96 heavy (non-hydrogen) atoms. The van der Waals surface area contributed by atoms with Crippen LogP contribution in [0.2, 0.25) is 0 Å². The summed E-state index contributed by atoms with van der Waals surface area (Å²) in [6.07, 6.45) is -75.9. The maximum atomic E-state index is 13.5. The molecule has 0 unspecified atom stereocenters. The first-order valence-corrected chi connectivity index (χ1v) is 30.4. The van der Waals surface area contributed by atoms with E-state index < -0.39 is 304 Å². The zero-order chi connectivity index (χ0) is 69.6. The predicted molar refractivity (Wildman–Crippen MR) is 290 cm³/mol. The molecule has 14 bridgehead atoms. The van der Waals surface area contributed by atoms with E-state index in [0.29, 0.717) is 4.90 Å². The minimum absolute atomic E-state index is 0.110. The highest BCUT2D eigenvalue weighted by molar-refractivity contribution is 6.22. The van der Waals surface area contributed by atoms with Gasteiger partial charge in [-0.15, -0.1) is 0 Å². The number of hydrogen-bond donors (Lipinski definition) is 21. The molecular formula is C55H79NO40. The van der Waals surface area contributed by atoms with Gasteiger partial charge in [-0.3, -0.25) is 19.3 Å². The topological polar surface area (TPSA) is 635 Å². The van der Waals surface area contributed by atoms with Gasteiger partial charge in [0.05, 0.1) is 50.8 Å². The van der Waals surface area contributed by atoms with E-state index in [1.807, 2.05) is 0 Å². The van der Waals surface area contributed by atoms with Gasteiger partial charge in [-0.05, 0) is 18.6 Å². The van der Waals surface area contributed by atoms with Gasteiger partial charge in [-0.2, -0.15) is 0 Å². The van der Waals surface area contributed by atoms with Gasteiger partial charge in [-0.1, -0.05) is 12.1 Å². The van der Waals surface area contributed by atoms with Crippen LogP contribution in [0.1, 0.15) is 33.6 Å². The van der Waals surface area contributed by atoms with Crippen molar-refractivity contribution in [1.82, 2.24) is 4.90 Å². The van der Waals surface area contributed by atoms with Gasteiger partial charge in [-0.25, -0.2) is 4.79 Å². The number of carboxylic acids is 1. The zero-order valence-corrected chi connectivity index (χ0v) is 50.1. The Kier molecular flexibility index (Phi) is 24.4. The molecule has 21 N–H and O–H groups in total. The van der Waals surface area contributed by atoms with Crippen molar-refractivity contribution in [2.45, 2.75) is 234 Å². The molecular weight excluding hydrogens is 1310 g/mol. The Labute approximate surface area is 540 Å². The number of nitrogens with zero attached hydrogens (tertiary/aromatic N) is 1. The molecule has 22 aliphatic rings. The predicted octanol–water partition coefficient (Wildman–Crippen LogP) is -14.2. The molecule has 0 saturated carbocycles. The number of rotatable bonds is 13. The fourth-order valence-electron chi connectivity index (χ4n) is 12.8. The lowest BCUT2D eigenvalue weighted by atomic mass is 9.95. The molecule has 21 saturated heterocycles. The van der Waals surface area contributed by atoms with Gasteiger partial charge in [0.25, 0.3) is 11.8 Å². The van der Waals surface area contributed by atoms with E-state index in [4.69, 9.17) is 71.1 Å². The number of fused-ring (bicyclic) bond motifs is 1. The number of benzene rings is 1. The van der Waals surface area contributed by atoms with Crippen LogP contribution in [0.25, 0.3) is 0 Å². The van der Waals surface area contributed by atoms with Crippen LogP contribution in [-0.2, 0) is 80.6 Å². The maximum Gasteiger partial charge on any atom is 0.326 e. The first-order valence-electron chi connectivity index (χ1n) is 30.4. The SMILES string of the molecule is O=C(CC[C@H](C(=O)O)N1C(=O)c2ccccc2C1=O)OC[C@H]1O[C@@H]2O[C@H]3[C@H](O)[C@@H](O)[C@@H](O[C@H]4[C@H](O)[C@@H](O)[C@@H](O[C@H]5[C@H](O)[C@@H](O)[C@@H](O[C@H]6[C@H](O)[C@@H](O)[C@@H](O[C@H]7[C@H](O)[C@@H](O)[C@@H](O[C@H]8[C@H](O)[C@@H](O)[C@@H](O[C@H]1[C@H](O)[C@H]2O)O[C@@H]8CO)O[C@@H]7CO)O[C@@H]6CO)O[C@@H]5CO)O[C@@H]4CO)O[C@@H]3CO. The van der Waals surface area contributed by atoms with Crippen LogP contribution in [0, 0.1) is 0 Å². The Morgan fingerprint density at radius 1 is 0.354 bits per heavy atom. The van der Waals surface area contributed by atoms with Crippen molar-refractivity contribution in [3.63, 3.8) is 0 Å². The fraction of sp³-hybridized carbons (Fsp3) is 0.818. The van der Waals surface area contributed by atoms with Gasteiger partial charge in [0, 0.05) is 6.42 Å². The molecule has 0 aromatic heterocycles. The third-order valence-corrected chi connectivity index (χ3v) is 18.1. The van der Waals surface area contributed by atoms with E-state index in [9.17, 15) is 126 Å². The molecule has 0 spiro atoms. The van der Waals surface area contributed by atoms with Crippen LogP contribution < -0.4 is 0 Å². The van der Waals surface area contributed by atoms with E-state index in [0.717, 1.165) is 0 Å². The Bertz CT molecular complexity index is 2730. The molecule has 1 aromatic rings. The normalized spacial score (nSPS) is 47.6. The van der Waals surface area contributed by atoms with E-state index in [2.05, 4.69) is 0 Å². The number of amides is 2. The summed E-state index contributed by atoms with van der Waals surface area (Å²) in [7, 11) is 0. The number of carboxylic acid groups (broad SMARTS) is 1. The molecule has 23 rings (SSSR count). The number of aliphatic hydroxyl groups excluding tert-OH is 20. The molecule has 22 aliphatic heterocycles. The Hall–Kier alpha value is -4.06. The molecule has 21 fully saturated rings. The summed E-state index contributed by atoms with van der Waals surface area (Å²) >= 11 is 0. The van der Waals surface area contributed by atoms with E-state index in [-0.39, 0.29) is 11.1 Å². The number of hydrogen-bond acceptors (Lipinski definition) is 39. The number of ether oxygens (including phenoxy) is 15. The van der Waals surface area contributed by atoms with Gasteiger partial charge >= 0.3 is 11.9 Å². The molecule has 41 nitrogen and oxygen atoms in total. The first-order chi connectivity index (χ1) is 45.7. The zero-order valence-electron chi connectivity index (χ0n) is 50.1. The molecule has 1 aromatic carbocycles. The largest absolute Gasteiger partial charge is 0.480 e. The average molecular weight is 1390 g/mol. The summed E-state index contributed by atoms with van der Waals surface area (Å²) in [6.45, 7) is -7.84. The molecule has 22 heterocycles. The highest BCUT2D eigenvalue weighted by Gasteiger charge is 2.60. The first kappa shape index (κ1) is 74.6. The Morgan fingerprint density at radius 3 is 0.792 bits per heavy atom. The lowest BCUT2D eigenvalue weighted by molar-refractivity contribution is -0.396. The van der Waals surface area contributed by atoms with Gasteiger partial charge in [0.1, 0.15) is 184 Å². The number of aliphatic hydroxyl groups is 20. The monoisotopic (exact) mass is 1390 g/mol. The van der Waals surface area contributed by atoms with Crippen molar-refractivity contribution in [2.75, 3.05) is 46.2 Å². The second kappa shape index (κ2) is 31.4. The van der Waals surface area contributed by atoms with Crippen molar-refractivity contribution in [1.29, 1.82) is 0 Å². The third-order valence-electron chi connectivity index (χ3n) is 18.1.